The van der Waals surface area contributed by atoms with Crippen LogP contribution in [-0.2, 0) is 18.9 Å². The number of nitrogens with two attached hydrogens (primary N) is 2. The summed E-state index contributed by atoms with van der Waals surface area (Å²) < 4.78 is 12.2. The number of carbonyl (C=O) groups excluding carboxylic acids is 2. The van der Waals surface area contributed by atoms with Gasteiger partial charge in [-0.2, -0.15) is 0 Å². The Labute approximate surface area is 140 Å². The molecule has 0 saturated carbocycles. The van der Waals surface area contributed by atoms with Crippen molar-refractivity contribution in [3.05, 3.63) is 0 Å². The Bertz CT molecular complexity index is 511. The van der Waals surface area contributed by atoms with Gasteiger partial charge in [-0.05, 0) is 20.3 Å². The van der Waals surface area contributed by atoms with E-state index in [1.807, 2.05) is 0 Å². The van der Waals surface area contributed by atoms with Crippen LogP contribution in [0.4, 0.5) is 0 Å². The van der Waals surface area contributed by atoms with E-state index in [9.17, 15) is 23.8 Å². The number of rotatable bonds is 10. The number of carboxylic acids is 1. The van der Waals surface area contributed by atoms with Gasteiger partial charge in [-0.15, -0.1) is 0 Å². The fraction of sp³-hybridized carbons (Fsp3) is 0.769. The van der Waals surface area contributed by atoms with E-state index in [0.717, 1.165) is 0 Å². The van der Waals surface area contributed by atoms with Crippen molar-refractivity contribution in [2.24, 2.45) is 11.5 Å². The van der Waals surface area contributed by atoms with Crippen LogP contribution in [-0.4, -0.2) is 51.4 Å². The zero-order valence-electron chi connectivity index (χ0n) is 14.1. The minimum atomic E-state index is -4.17. The normalized spacial score (nSPS) is 18.6. The van der Waals surface area contributed by atoms with Gasteiger partial charge >= 0.3 is 5.97 Å². The highest BCUT2D eigenvalue weighted by molar-refractivity contribution is 7.59. The number of carboxylic acid groups (broad SMARTS) is 1. The maximum absolute atomic E-state index is 12.3. The monoisotopic (exact) mass is 366 g/mol. The van der Waals surface area contributed by atoms with Gasteiger partial charge in [0.05, 0.1) is 18.2 Å². The topological polar surface area (TPSA) is 185 Å². The van der Waals surface area contributed by atoms with Crippen LogP contribution < -0.4 is 22.1 Å². The first-order valence-electron chi connectivity index (χ1n) is 7.59. The molecular formula is C13H27N4O6P. The van der Waals surface area contributed by atoms with Crippen LogP contribution in [0, 0.1) is 0 Å². The summed E-state index contributed by atoms with van der Waals surface area (Å²) in [5.74, 6) is -5.44. The van der Waals surface area contributed by atoms with Gasteiger partial charge in [-0.3, -0.25) is 18.9 Å². The highest BCUT2D eigenvalue weighted by Gasteiger charge is 2.38. The second-order valence-corrected chi connectivity index (χ2v) is 8.46. The van der Waals surface area contributed by atoms with Gasteiger partial charge in [0.25, 0.3) is 0 Å². The van der Waals surface area contributed by atoms with Crippen molar-refractivity contribution in [2.45, 2.75) is 63.7 Å². The first kappa shape index (κ1) is 22.5. The third kappa shape index (κ3) is 6.96. The lowest BCUT2D eigenvalue weighted by Gasteiger charge is -2.28. The van der Waals surface area contributed by atoms with E-state index in [1.54, 1.807) is 6.92 Å². The van der Waals surface area contributed by atoms with Crippen LogP contribution in [0.3, 0.4) is 0 Å². The van der Waals surface area contributed by atoms with Crippen LogP contribution in [0.5, 0.6) is 0 Å². The first-order valence-corrected chi connectivity index (χ1v) is 9.39. The summed E-state index contributed by atoms with van der Waals surface area (Å²) in [4.78, 5) is 44.9. The quantitative estimate of drug-likeness (QED) is 0.269. The lowest BCUT2D eigenvalue weighted by molar-refractivity contribution is -0.137. The number of hydrogen-bond donors (Lipinski definition) is 6. The van der Waals surface area contributed by atoms with Crippen molar-refractivity contribution >= 4 is 25.2 Å². The van der Waals surface area contributed by atoms with Crippen molar-refractivity contribution < 1.29 is 28.9 Å². The molecule has 0 heterocycles. The predicted molar refractivity (Wildman–Crippen MR) is 88.1 cm³/mol. The maximum Gasteiger partial charge on any atom is 0.306 e. The zero-order valence-corrected chi connectivity index (χ0v) is 15.0. The average Bonchev–Trinajstić information content (AvgIpc) is 2.44. The van der Waals surface area contributed by atoms with Gasteiger partial charge in [0, 0.05) is 0 Å². The first-order chi connectivity index (χ1) is 10.9. The van der Waals surface area contributed by atoms with E-state index >= 15 is 0 Å². The van der Waals surface area contributed by atoms with Crippen LogP contribution in [0.15, 0.2) is 0 Å². The number of carbonyl (C=O) groups is 3. The average molecular weight is 366 g/mol. The zero-order chi connectivity index (χ0) is 19.1. The standard InChI is InChI=1S/C13H27N4O6P/c1-4-5-9(16-12(20)7(2)14)13(21)17-10(6-11(18)19)24(22,23)8(3)15/h7-10H,4-6,14-15H2,1-3H3,(H,16,20)(H,17,21)(H,18,19)(H,22,23)/t7-,8?,9-,10?/m0/s1. The summed E-state index contributed by atoms with van der Waals surface area (Å²) in [6.45, 7) is 4.48. The molecule has 8 N–H and O–H groups in total. The second kappa shape index (κ2) is 9.73. The van der Waals surface area contributed by atoms with E-state index in [0.29, 0.717) is 6.42 Å². The molecule has 0 saturated heterocycles. The molecule has 0 aromatic heterocycles. The van der Waals surface area contributed by atoms with Gasteiger partial charge in [-0.25, -0.2) is 0 Å². The Morgan fingerprint density at radius 1 is 1.12 bits per heavy atom. The van der Waals surface area contributed by atoms with Crippen molar-refractivity contribution in [2.75, 3.05) is 0 Å². The highest BCUT2D eigenvalue weighted by Crippen LogP contribution is 2.49. The molecule has 10 nitrogen and oxygen atoms in total. The van der Waals surface area contributed by atoms with Crippen LogP contribution in [0.2, 0.25) is 0 Å². The van der Waals surface area contributed by atoms with E-state index < -0.39 is 55.2 Å². The Kier molecular flexibility index (Phi) is 9.13. The summed E-state index contributed by atoms with van der Waals surface area (Å²) >= 11 is 0. The number of hydrogen-bond acceptors (Lipinski definition) is 6. The third-order valence-electron chi connectivity index (χ3n) is 3.33. The summed E-state index contributed by atoms with van der Waals surface area (Å²) in [5.41, 5.74) is 10.9. The van der Waals surface area contributed by atoms with E-state index in [2.05, 4.69) is 10.6 Å². The SMILES string of the molecule is CCC[C@H](NC(=O)[C@H](C)N)C(=O)NC(CC(=O)O)P(=O)(O)C(C)N. The van der Waals surface area contributed by atoms with Gasteiger partial charge < -0.3 is 32.1 Å². The molecule has 0 bridgehead atoms. The molecule has 5 atom stereocenters. The Hall–Kier alpha value is -1.48. The van der Waals surface area contributed by atoms with Gasteiger partial charge in [0.15, 0.2) is 0 Å². The summed E-state index contributed by atoms with van der Waals surface area (Å²) in [5, 5.41) is 13.6. The van der Waals surface area contributed by atoms with Crippen LogP contribution in [0.1, 0.15) is 40.0 Å². The van der Waals surface area contributed by atoms with Gasteiger partial charge in [0.1, 0.15) is 11.8 Å². The van der Waals surface area contributed by atoms with Crippen LogP contribution in [0.25, 0.3) is 0 Å². The fourth-order valence-corrected chi connectivity index (χ4v) is 3.15. The predicted octanol–water partition coefficient (Wildman–Crippen LogP) is -0.889. The summed E-state index contributed by atoms with van der Waals surface area (Å²) in [7, 11) is -4.17. The number of nitrogens with one attached hydrogen (secondary N) is 2. The minimum Gasteiger partial charge on any atom is -0.481 e. The molecule has 11 heteroatoms. The molecule has 0 fully saturated rings. The molecule has 0 aromatic carbocycles. The van der Waals surface area contributed by atoms with Gasteiger partial charge in [0.2, 0.25) is 19.2 Å². The molecule has 3 unspecified atom stereocenters. The molecule has 140 valence electrons. The molecule has 0 spiro atoms. The van der Waals surface area contributed by atoms with E-state index in [1.165, 1.54) is 13.8 Å². The molecule has 0 rings (SSSR count). The molecule has 2 amide bonds. The molecule has 0 radical (unpaired) electrons. The van der Waals surface area contributed by atoms with Crippen molar-refractivity contribution in [3.8, 4) is 0 Å². The molecular weight excluding hydrogens is 339 g/mol. The molecule has 0 aliphatic heterocycles. The molecule has 24 heavy (non-hydrogen) atoms. The lowest BCUT2D eigenvalue weighted by atomic mass is 10.1. The van der Waals surface area contributed by atoms with Crippen molar-refractivity contribution in [1.29, 1.82) is 0 Å². The molecule has 0 aromatic rings. The fourth-order valence-electron chi connectivity index (χ4n) is 1.85. The van der Waals surface area contributed by atoms with Crippen LogP contribution >= 0.6 is 7.37 Å². The van der Waals surface area contributed by atoms with Crippen molar-refractivity contribution in [3.63, 3.8) is 0 Å². The second-order valence-electron chi connectivity index (χ2n) is 5.67. The third-order valence-corrected chi connectivity index (χ3v) is 5.70. The largest absolute Gasteiger partial charge is 0.481 e. The summed E-state index contributed by atoms with van der Waals surface area (Å²) in [6, 6.07) is -1.82. The van der Waals surface area contributed by atoms with E-state index in [4.69, 9.17) is 16.6 Å². The number of amides is 2. The van der Waals surface area contributed by atoms with Gasteiger partial charge in [-0.1, -0.05) is 13.3 Å². The number of aliphatic carboxylic acids is 1. The Balaban J connectivity index is 5.27. The highest BCUT2D eigenvalue weighted by atomic mass is 31.2. The molecule has 0 aliphatic rings. The minimum absolute atomic E-state index is 0.262. The lowest BCUT2D eigenvalue weighted by Crippen LogP contribution is -2.53. The Morgan fingerprint density at radius 2 is 1.67 bits per heavy atom. The van der Waals surface area contributed by atoms with Crippen molar-refractivity contribution in [1.82, 2.24) is 10.6 Å². The van der Waals surface area contributed by atoms with E-state index in [-0.39, 0.29) is 6.42 Å². The Morgan fingerprint density at radius 3 is 2.04 bits per heavy atom. The maximum atomic E-state index is 12.3. The smallest absolute Gasteiger partial charge is 0.306 e. The molecule has 0 aliphatic carbocycles. The summed E-state index contributed by atoms with van der Waals surface area (Å²) in [6.07, 6.45) is 0.0458.